The second kappa shape index (κ2) is 5.98. The Hall–Kier alpha value is -0.600. The van der Waals surface area contributed by atoms with E-state index in [4.69, 9.17) is 20.1 Å². The Morgan fingerprint density at radius 1 is 1.33 bits per heavy atom. The minimum Gasteiger partial charge on any atom is -0.394 e. The molecule has 1 heterocycles. The highest BCUT2D eigenvalue weighted by Crippen LogP contribution is 2.13. The van der Waals surface area contributed by atoms with E-state index in [1.54, 1.807) is 0 Å². The molecule has 1 aliphatic heterocycles. The predicted molar refractivity (Wildman–Crippen MR) is 43.3 cm³/mol. The van der Waals surface area contributed by atoms with Gasteiger partial charge in [0.2, 0.25) is 0 Å². The van der Waals surface area contributed by atoms with Gasteiger partial charge in [-0.05, 0) is 6.42 Å². The van der Waals surface area contributed by atoms with Crippen molar-refractivity contribution in [2.75, 3.05) is 13.2 Å². The van der Waals surface area contributed by atoms with Crippen molar-refractivity contribution in [3.63, 3.8) is 0 Å². The van der Waals surface area contributed by atoms with Gasteiger partial charge in [0.1, 0.15) is 12.2 Å². The third-order valence-corrected chi connectivity index (χ3v) is 1.70. The zero-order valence-electron chi connectivity index (χ0n) is 6.76. The molecule has 4 nitrogen and oxygen atoms in total. The molecule has 0 radical (unpaired) electrons. The van der Waals surface area contributed by atoms with Crippen molar-refractivity contribution >= 4 is 0 Å². The molecule has 3 atom stereocenters. The number of rotatable bonds is 1. The molecular formula is C8H14O4. The first kappa shape index (κ1) is 11.4. The SMILES string of the molecule is C#C.OCC1OCCC(O)C1O. The molecule has 0 saturated carbocycles. The second-order valence-corrected chi connectivity index (χ2v) is 2.44. The van der Waals surface area contributed by atoms with E-state index in [2.05, 4.69) is 12.8 Å². The van der Waals surface area contributed by atoms with Crippen LogP contribution in [-0.4, -0.2) is 46.8 Å². The van der Waals surface area contributed by atoms with E-state index in [9.17, 15) is 0 Å². The van der Waals surface area contributed by atoms with Crippen LogP contribution >= 0.6 is 0 Å². The largest absolute Gasteiger partial charge is 0.394 e. The number of aliphatic hydroxyl groups is 3. The van der Waals surface area contributed by atoms with Crippen molar-refractivity contribution in [3.8, 4) is 12.8 Å². The van der Waals surface area contributed by atoms with Crippen molar-refractivity contribution in [1.29, 1.82) is 0 Å². The summed E-state index contributed by atoms with van der Waals surface area (Å²) >= 11 is 0. The first-order valence-corrected chi connectivity index (χ1v) is 3.67. The van der Waals surface area contributed by atoms with Gasteiger partial charge in [0.05, 0.1) is 12.7 Å². The summed E-state index contributed by atoms with van der Waals surface area (Å²) < 4.78 is 4.95. The number of hydrogen-bond donors (Lipinski definition) is 3. The third-order valence-electron chi connectivity index (χ3n) is 1.70. The molecule has 0 bridgehead atoms. The van der Waals surface area contributed by atoms with Gasteiger partial charge in [-0.25, -0.2) is 0 Å². The summed E-state index contributed by atoms with van der Waals surface area (Å²) in [6.45, 7) is 0.168. The van der Waals surface area contributed by atoms with Crippen LogP contribution in [0.1, 0.15) is 6.42 Å². The van der Waals surface area contributed by atoms with Crippen LogP contribution in [0.4, 0.5) is 0 Å². The molecule has 4 heteroatoms. The van der Waals surface area contributed by atoms with E-state index in [0.29, 0.717) is 13.0 Å². The fraction of sp³-hybridized carbons (Fsp3) is 0.750. The molecule has 0 aromatic heterocycles. The quantitative estimate of drug-likeness (QED) is 0.434. The average Bonchev–Trinajstić information content (AvgIpc) is 2.13. The van der Waals surface area contributed by atoms with Crippen LogP contribution in [0, 0.1) is 12.8 Å². The summed E-state index contributed by atoms with van der Waals surface area (Å²) in [5.74, 6) is 0. The standard InChI is InChI=1S/C6H12O4.C2H2/c7-3-5-6(9)4(8)1-2-10-5;1-2/h4-9H,1-3H2;1-2H. The highest BCUT2D eigenvalue weighted by atomic mass is 16.5. The van der Waals surface area contributed by atoms with Gasteiger partial charge in [-0.2, -0.15) is 0 Å². The van der Waals surface area contributed by atoms with E-state index in [1.165, 1.54) is 0 Å². The van der Waals surface area contributed by atoms with Gasteiger partial charge in [0.25, 0.3) is 0 Å². The summed E-state index contributed by atoms with van der Waals surface area (Å²) in [5.41, 5.74) is 0. The third kappa shape index (κ3) is 2.80. The molecule has 12 heavy (non-hydrogen) atoms. The maximum absolute atomic E-state index is 9.10. The van der Waals surface area contributed by atoms with Crippen LogP contribution in [0.5, 0.6) is 0 Å². The van der Waals surface area contributed by atoms with Gasteiger partial charge in [-0.15, -0.1) is 12.8 Å². The topological polar surface area (TPSA) is 69.9 Å². The molecule has 0 aliphatic carbocycles. The van der Waals surface area contributed by atoms with E-state index < -0.39 is 18.3 Å². The van der Waals surface area contributed by atoms with Crippen LogP contribution in [0.2, 0.25) is 0 Å². The first-order valence-electron chi connectivity index (χ1n) is 3.67. The van der Waals surface area contributed by atoms with E-state index in [1.807, 2.05) is 0 Å². The molecule has 0 spiro atoms. The minimum absolute atomic E-state index is 0.238. The van der Waals surface area contributed by atoms with Gasteiger partial charge >= 0.3 is 0 Å². The maximum atomic E-state index is 9.10. The summed E-state index contributed by atoms with van der Waals surface area (Å²) in [6, 6.07) is 0. The monoisotopic (exact) mass is 174 g/mol. The molecular weight excluding hydrogens is 160 g/mol. The zero-order chi connectivity index (χ0) is 9.56. The van der Waals surface area contributed by atoms with Gasteiger partial charge in [0.15, 0.2) is 0 Å². The first-order chi connectivity index (χ1) is 5.75. The molecule has 70 valence electrons. The van der Waals surface area contributed by atoms with Gasteiger partial charge in [0, 0.05) is 6.61 Å². The highest BCUT2D eigenvalue weighted by molar-refractivity contribution is 4.79. The normalized spacial score (nSPS) is 34.9. The summed E-state index contributed by atoms with van der Waals surface area (Å²) in [7, 11) is 0. The van der Waals surface area contributed by atoms with Crippen LogP contribution in [0.15, 0.2) is 0 Å². The lowest BCUT2D eigenvalue weighted by atomic mass is 10.0. The summed E-state index contributed by atoms with van der Waals surface area (Å²) in [5, 5.41) is 26.7. The Kier molecular flexibility index (Phi) is 5.68. The average molecular weight is 174 g/mol. The van der Waals surface area contributed by atoms with Crippen LogP contribution in [-0.2, 0) is 4.74 Å². The molecule has 0 amide bonds. The van der Waals surface area contributed by atoms with Crippen molar-refractivity contribution in [2.45, 2.75) is 24.7 Å². The van der Waals surface area contributed by atoms with Crippen LogP contribution < -0.4 is 0 Å². The summed E-state index contributed by atoms with van der Waals surface area (Å²) in [6.07, 6.45) is 6.16. The molecule has 3 N–H and O–H groups in total. The van der Waals surface area contributed by atoms with Gasteiger partial charge < -0.3 is 20.1 Å². The number of ether oxygens (including phenoxy) is 1. The van der Waals surface area contributed by atoms with Crippen LogP contribution in [0.25, 0.3) is 0 Å². The molecule has 3 unspecified atom stereocenters. The molecule has 1 saturated heterocycles. The predicted octanol–water partition coefficient (Wildman–Crippen LogP) is -1.26. The van der Waals surface area contributed by atoms with Crippen molar-refractivity contribution in [3.05, 3.63) is 0 Å². The smallest absolute Gasteiger partial charge is 0.109 e. The Balaban J connectivity index is 0.000000561. The van der Waals surface area contributed by atoms with Gasteiger partial charge in [-0.1, -0.05) is 0 Å². The molecule has 1 fully saturated rings. The maximum Gasteiger partial charge on any atom is 0.109 e. The van der Waals surface area contributed by atoms with E-state index >= 15 is 0 Å². The van der Waals surface area contributed by atoms with Crippen molar-refractivity contribution in [1.82, 2.24) is 0 Å². The Labute approximate surface area is 71.8 Å². The van der Waals surface area contributed by atoms with Crippen molar-refractivity contribution in [2.24, 2.45) is 0 Å². The highest BCUT2D eigenvalue weighted by Gasteiger charge is 2.30. The Bertz CT molecular complexity index is 134. The molecule has 1 aliphatic rings. The van der Waals surface area contributed by atoms with E-state index in [0.717, 1.165) is 0 Å². The molecule has 0 aromatic rings. The van der Waals surface area contributed by atoms with E-state index in [-0.39, 0.29) is 6.61 Å². The molecule has 1 rings (SSSR count). The molecule has 0 aromatic carbocycles. The number of hydrogen-bond acceptors (Lipinski definition) is 4. The lowest BCUT2D eigenvalue weighted by molar-refractivity contribution is -0.147. The lowest BCUT2D eigenvalue weighted by Gasteiger charge is -2.30. The van der Waals surface area contributed by atoms with Crippen molar-refractivity contribution < 1.29 is 20.1 Å². The summed E-state index contributed by atoms with van der Waals surface area (Å²) in [4.78, 5) is 0. The number of terminal acetylenes is 1. The Morgan fingerprint density at radius 2 is 1.92 bits per heavy atom. The minimum atomic E-state index is -0.932. The Morgan fingerprint density at radius 3 is 2.33 bits per heavy atom. The number of aliphatic hydroxyl groups excluding tert-OH is 3. The van der Waals surface area contributed by atoms with Crippen LogP contribution in [0.3, 0.4) is 0 Å². The van der Waals surface area contributed by atoms with Gasteiger partial charge in [-0.3, -0.25) is 0 Å². The fourth-order valence-corrected chi connectivity index (χ4v) is 1.02. The fourth-order valence-electron chi connectivity index (χ4n) is 1.02. The second-order valence-electron chi connectivity index (χ2n) is 2.44. The lowest BCUT2D eigenvalue weighted by Crippen LogP contribution is -2.46. The zero-order valence-corrected chi connectivity index (χ0v) is 6.76.